The number of anilines is 2. The predicted molar refractivity (Wildman–Crippen MR) is 89.3 cm³/mol. The van der Waals surface area contributed by atoms with E-state index in [1.54, 1.807) is 6.20 Å². The van der Waals surface area contributed by atoms with E-state index >= 15 is 0 Å². The third-order valence-corrected chi connectivity index (χ3v) is 5.35. The Kier molecular flexibility index (Phi) is 4.01. The molecule has 2 aromatic rings. The molecule has 20 heavy (non-hydrogen) atoms. The van der Waals surface area contributed by atoms with Crippen LogP contribution in [0.3, 0.4) is 0 Å². The Hall–Kier alpha value is -1.42. The van der Waals surface area contributed by atoms with Gasteiger partial charge in [0.1, 0.15) is 0 Å². The number of benzene rings is 1. The number of nitrogens with one attached hydrogen (secondary N) is 1. The number of pyridine rings is 1. The van der Waals surface area contributed by atoms with E-state index in [0.29, 0.717) is 6.04 Å². The lowest BCUT2D eigenvalue weighted by Crippen LogP contribution is -2.26. The Morgan fingerprint density at radius 2 is 2.20 bits per heavy atom. The maximum Gasteiger partial charge on any atom is 0.0439 e. The third-order valence-electron chi connectivity index (χ3n) is 4.03. The Labute approximate surface area is 124 Å². The van der Waals surface area contributed by atoms with Gasteiger partial charge < -0.3 is 11.1 Å². The summed E-state index contributed by atoms with van der Waals surface area (Å²) in [6.07, 6.45) is 7.60. The van der Waals surface area contributed by atoms with Gasteiger partial charge in [-0.3, -0.25) is 4.98 Å². The summed E-state index contributed by atoms with van der Waals surface area (Å²) >= 11 is 2.07. The maximum atomic E-state index is 6.05. The van der Waals surface area contributed by atoms with Crippen molar-refractivity contribution >= 4 is 33.9 Å². The first-order chi connectivity index (χ1) is 9.79. The molecule has 1 saturated carbocycles. The fraction of sp³-hybridized carbons (Fsp3) is 0.438. The highest BCUT2D eigenvalue weighted by Gasteiger charge is 2.27. The number of hydrogen-bond acceptors (Lipinski definition) is 4. The third kappa shape index (κ3) is 2.57. The second-order valence-electron chi connectivity index (χ2n) is 5.30. The maximum absolute atomic E-state index is 6.05. The average Bonchev–Trinajstić information content (AvgIpc) is 2.90. The van der Waals surface area contributed by atoms with Crippen molar-refractivity contribution in [2.45, 2.75) is 37.5 Å². The number of thioether (sulfide) groups is 1. The first-order valence-electron chi connectivity index (χ1n) is 7.30. The van der Waals surface area contributed by atoms with Crippen molar-refractivity contribution in [2.24, 2.45) is 0 Å². The summed E-state index contributed by atoms with van der Waals surface area (Å²) in [7, 11) is 0. The Bertz CT molecular complexity index is 599. The van der Waals surface area contributed by atoms with E-state index in [1.807, 2.05) is 18.3 Å². The molecule has 4 heteroatoms. The van der Waals surface area contributed by atoms with Crippen LogP contribution in [-0.2, 0) is 0 Å². The molecule has 1 aromatic carbocycles. The van der Waals surface area contributed by atoms with Crippen LogP contribution in [-0.4, -0.2) is 22.0 Å². The van der Waals surface area contributed by atoms with Gasteiger partial charge in [0.05, 0.1) is 0 Å². The molecule has 0 aliphatic heterocycles. The largest absolute Gasteiger partial charge is 0.398 e. The van der Waals surface area contributed by atoms with Crippen molar-refractivity contribution in [2.75, 3.05) is 16.8 Å². The fourth-order valence-electron chi connectivity index (χ4n) is 3.04. The number of nitrogen functional groups attached to an aromatic ring is 1. The van der Waals surface area contributed by atoms with Gasteiger partial charge in [0.25, 0.3) is 0 Å². The molecular weight excluding hydrogens is 266 g/mol. The van der Waals surface area contributed by atoms with E-state index in [4.69, 9.17) is 5.73 Å². The first-order valence-corrected chi connectivity index (χ1v) is 8.35. The fourth-order valence-corrected chi connectivity index (χ4v) is 4.24. The van der Waals surface area contributed by atoms with E-state index in [0.717, 1.165) is 27.4 Å². The molecule has 3 rings (SSSR count). The lowest BCUT2D eigenvalue weighted by atomic mass is 10.1. The molecule has 0 spiro atoms. The standard InChI is InChI=1S/C16H21N3S/c1-2-20-16-5-3-4-15(16)19-14-7-6-13(17)11-8-9-18-10-12(11)14/h6-10,15-16,19H,2-5,17H2,1H3. The van der Waals surface area contributed by atoms with Crippen LogP contribution in [0, 0.1) is 0 Å². The zero-order valence-electron chi connectivity index (χ0n) is 11.8. The number of nitrogens with two attached hydrogens (primary N) is 1. The summed E-state index contributed by atoms with van der Waals surface area (Å²) in [5, 5.41) is 6.67. The molecule has 106 valence electrons. The molecule has 1 aliphatic carbocycles. The molecule has 1 fully saturated rings. The lowest BCUT2D eigenvalue weighted by Gasteiger charge is -2.22. The second kappa shape index (κ2) is 5.92. The molecule has 0 radical (unpaired) electrons. The van der Waals surface area contributed by atoms with Crippen LogP contribution in [0.5, 0.6) is 0 Å². The summed E-state index contributed by atoms with van der Waals surface area (Å²) in [6, 6.07) is 6.63. The van der Waals surface area contributed by atoms with Crippen molar-refractivity contribution < 1.29 is 0 Å². The molecular formula is C16H21N3S. The van der Waals surface area contributed by atoms with Gasteiger partial charge in [-0.1, -0.05) is 13.3 Å². The van der Waals surface area contributed by atoms with E-state index in [2.05, 4.69) is 35.1 Å². The number of aromatic nitrogens is 1. The summed E-state index contributed by atoms with van der Waals surface area (Å²) in [6.45, 7) is 2.24. The van der Waals surface area contributed by atoms with E-state index in [1.165, 1.54) is 25.0 Å². The van der Waals surface area contributed by atoms with Gasteiger partial charge in [-0.25, -0.2) is 0 Å². The highest BCUT2D eigenvalue weighted by Crippen LogP contribution is 2.34. The first kappa shape index (κ1) is 13.6. The molecule has 2 atom stereocenters. The molecule has 3 N–H and O–H groups in total. The molecule has 1 aliphatic rings. The van der Waals surface area contributed by atoms with Gasteiger partial charge in [-0.2, -0.15) is 11.8 Å². The molecule has 3 nitrogen and oxygen atoms in total. The van der Waals surface area contributed by atoms with Crippen LogP contribution in [0.2, 0.25) is 0 Å². The monoisotopic (exact) mass is 287 g/mol. The molecule has 0 saturated heterocycles. The van der Waals surface area contributed by atoms with Gasteiger partial charge in [-0.05, 0) is 36.8 Å². The number of nitrogens with zero attached hydrogens (tertiary/aromatic N) is 1. The Morgan fingerprint density at radius 1 is 1.30 bits per heavy atom. The van der Waals surface area contributed by atoms with Crippen molar-refractivity contribution in [1.29, 1.82) is 0 Å². The quantitative estimate of drug-likeness (QED) is 0.837. The lowest BCUT2D eigenvalue weighted by molar-refractivity contribution is 0.769. The molecule has 1 aromatic heterocycles. The van der Waals surface area contributed by atoms with Gasteiger partial charge in [0.2, 0.25) is 0 Å². The Balaban J connectivity index is 1.89. The van der Waals surface area contributed by atoms with Crippen LogP contribution in [0.15, 0.2) is 30.6 Å². The number of hydrogen-bond donors (Lipinski definition) is 2. The van der Waals surface area contributed by atoms with Gasteiger partial charge in [0.15, 0.2) is 0 Å². The van der Waals surface area contributed by atoms with Crippen molar-refractivity contribution in [3.8, 4) is 0 Å². The van der Waals surface area contributed by atoms with Crippen LogP contribution in [0.25, 0.3) is 10.8 Å². The van der Waals surface area contributed by atoms with E-state index < -0.39 is 0 Å². The highest BCUT2D eigenvalue weighted by molar-refractivity contribution is 7.99. The van der Waals surface area contributed by atoms with Crippen LogP contribution < -0.4 is 11.1 Å². The molecule has 0 amide bonds. The predicted octanol–water partition coefficient (Wildman–Crippen LogP) is 3.90. The minimum Gasteiger partial charge on any atom is -0.398 e. The SMILES string of the molecule is CCSC1CCCC1Nc1ccc(N)c2ccncc12. The van der Waals surface area contributed by atoms with Gasteiger partial charge >= 0.3 is 0 Å². The van der Waals surface area contributed by atoms with Crippen LogP contribution in [0.4, 0.5) is 11.4 Å². The number of rotatable bonds is 4. The van der Waals surface area contributed by atoms with E-state index in [-0.39, 0.29) is 0 Å². The zero-order valence-corrected chi connectivity index (χ0v) is 12.6. The second-order valence-corrected chi connectivity index (χ2v) is 6.82. The van der Waals surface area contributed by atoms with Gasteiger partial charge in [-0.15, -0.1) is 0 Å². The molecule has 1 heterocycles. The molecule has 0 bridgehead atoms. The summed E-state index contributed by atoms with van der Waals surface area (Å²) in [5.74, 6) is 1.19. The summed E-state index contributed by atoms with van der Waals surface area (Å²) in [5.41, 5.74) is 8.03. The normalized spacial score (nSPS) is 22.2. The minimum absolute atomic E-state index is 0.562. The van der Waals surface area contributed by atoms with Crippen LogP contribution in [0.1, 0.15) is 26.2 Å². The average molecular weight is 287 g/mol. The Morgan fingerprint density at radius 3 is 3.05 bits per heavy atom. The molecule has 2 unspecified atom stereocenters. The highest BCUT2D eigenvalue weighted by atomic mass is 32.2. The zero-order chi connectivity index (χ0) is 13.9. The summed E-state index contributed by atoms with van der Waals surface area (Å²) < 4.78 is 0. The topological polar surface area (TPSA) is 50.9 Å². The van der Waals surface area contributed by atoms with Crippen molar-refractivity contribution in [1.82, 2.24) is 4.98 Å². The number of fused-ring (bicyclic) bond motifs is 1. The minimum atomic E-state index is 0.562. The van der Waals surface area contributed by atoms with Gasteiger partial charge in [0, 0.05) is 45.8 Å². The van der Waals surface area contributed by atoms with Crippen molar-refractivity contribution in [3.05, 3.63) is 30.6 Å². The smallest absolute Gasteiger partial charge is 0.0439 e. The van der Waals surface area contributed by atoms with E-state index in [9.17, 15) is 0 Å². The van der Waals surface area contributed by atoms with Crippen molar-refractivity contribution in [3.63, 3.8) is 0 Å². The summed E-state index contributed by atoms with van der Waals surface area (Å²) in [4.78, 5) is 4.24. The van der Waals surface area contributed by atoms with Crippen LogP contribution >= 0.6 is 11.8 Å².